The highest BCUT2D eigenvalue weighted by molar-refractivity contribution is 5.96. The molecule has 0 aromatic heterocycles. The molecule has 5 nitrogen and oxygen atoms in total. The molecule has 0 bridgehead atoms. The van der Waals surface area contributed by atoms with Crippen LogP contribution in [-0.4, -0.2) is 24.9 Å². The molecule has 1 aliphatic carbocycles. The van der Waals surface area contributed by atoms with E-state index in [1.165, 1.54) is 6.92 Å². The normalized spacial score (nSPS) is 22.6. The summed E-state index contributed by atoms with van der Waals surface area (Å²) in [6.45, 7) is 3.50. The summed E-state index contributed by atoms with van der Waals surface area (Å²) in [6, 6.07) is 7.27. The van der Waals surface area contributed by atoms with Gasteiger partial charge in [0.25, 0.3) is 0 Å². The second-order valence-corrected chi connectivity index (χ2v) is 6.12. The molecule has 1 aromatic rings. The van der Waals surface area contributed by atoms with E-state index in [1.54, 1.807) is 6.07 Å². The molecule has 1 heterocycles. The zero-order valence-corrected chi connectivity index (χ0v) is 12.2. The molecule has 3 rings (SSSR count). The quantitative estimate of drug-likeness (QED) is 0.796. The molecular weight excluding hydrogens is 266 g/mol. The Kier molecular flexibility index (Phi) is 3.68. The minimum absolute atomic E-state index is 0.108. The van der Waals surface area contributed by atoms with Crippen molar-refractivity contribution in [2.75, 3.05) is 23.7 Å². The molecule has 1 aliphatic heterocycles. The molecule has 1 saturated heterocycles. The summed E-state index contributed by atoms with van der Waals surface area (Å²) >= 11 is 0. The predicted octanol–water partition coefficient (Wildman–Crippen LogP) is 1.97. The molecule has 1 unspecified atom stereocenters. The molecule has 3 N–H and O–H groups in total. The molecule has 112 valence electrons. The second kappa shape index (κ2) is 5.48. The van der Waals surface area contributed by atoms with Crippen LogP contribution in [0.3, 0.4) is 0 Å². The fourth-order valence-electron chi connectivity index (χ4n) is 3.30. The van der Waals surface area contributed by atoms with Crippen LogP contribution in [0.4, 0.5) is 11.4 Å². The first-order chi connectivity index (χ1) is 10.1. The topological polar surface area (TPSA) is 70.2 Å². The van der Waals surface area contributed by atoms with Gasteiger partial charge < -0.3 is 16.0 Å². The van der Waals surface area contributed by atoms with Crippen molar-refractivity contribution in [2.45, 2.75) is 26.2 Å². The number of rotatable bonds is 3. The van der Waals surface area contributed by atoms with Gasteiger partial charge in [0, 0.05) is 24.2 Å². The predicted molar refractivity (Wildman–Crippen MR) is 82.0 cm³/mol. The number of anilines is 2. The zero-order valence-electron chi connectivity index (χ0n) is 12.2. The molecule has 1 spiro atoms. The molecule has 5 heteroatoms. The average Bonchev–Trinajstić information content (AvgIpc) is 3.13. The van der Waals surface area contributed by atoms with Crippen molar-refractivity contribution >= 4 is 23.2 Å². The number of carbonyl (C=O) groups excluding carboxylic acids is 2. The Hall–Kier alpha value is -1.88. The first-order valence-electron chi connectivity index (χ1n) is 7.48. The third kappa shape index (κ3) is 3.08. The van der Waals surface area contributed by atoms with Crippen LogP contribution in [0.1, 0.15) is 26.2 Å². The Labute approximate surface area is 124 Å². The third-order valence-corrected chi connectivity index (χ3v) is 4.56. The molecule has 21 heavy (non-hydrogen) atoms. The van der Waals surface area contributed by atoms with Crippen molar-refractivity contribution in [3.63, 3.8) is 0 Å². The van der Waals surface area contributed by atoms with E-state index in [1.807, 2.05) is 18.2 Å². The first kappa shape index (κ1) is 14.1. The second-order valence-electron chi connectivity index (χ2n) is 6.12. The highest BCUT2D eigenvalue weighted by atomic mass is 16.2. The summed E-state index contributed by atoms with van der Waals surface area (Å²) in [7, 11) is 0. The highest BCUT2D eigenvalue weighted by Gasteiger charge is 2.57. The maximum absolute atomic E-state index is 12.4. The summed E-state index contributed by atoms with van der Waals surface area (Å²) in [5.74, 6) is 0.134. The van der Waals surface area contributed by atoms with E-state index >= 15 is 0 Å². The number of carbonyl (C=O) groups is 2. The van der Waals surface area contributed by atoms with Crippen molar-refractivity contribution in [2.24, 2.45) is 11.3 Å². The maximum atomic E-state index is 12.4. The molecule has 1 atom stereocenters. The van der Waals surface area contributed by atoms with Crippen LogP contribution >= 0.6 is 0 Å². The lowest BCUT2D eigenvalue weighted by Crippen LogP contribution is -2.31. The summed E-state index contributed by atoms with van der Waals surface area (Å²) in [5.41, 5.74) is 1.68. The van der Waals surface area contributed by atoms with Crippen molar-refractivity contribution in [3.05, 3.63) is 24.3 Å². The van der Waals surface area contributed by atoms with Crippen LogP contribution in [0.15, 0.2) is 24.3 Å². The van der Waals surface area contributed by atoms with E-state index in [4.69, 9.17) is 0 Å². The lowest BCUT2D eigenvalue weighted by molar-refractivity contribution is -0.118. The summed E-state index contributed by atoms with van der Waals surface area (Å²) in [4.78, 5) is 23.4. The number of benzene rings is 1. The number of hydrogen-bond donors (Lipinski definition) is 3. The van der Waals surface area contributed by atoms with Gasteiger partial charge in [-0.25, -0.2) is 0 Å². The van der Waals surface area contributed by atoms with Gasteiger partial charge in [0.1, 0.15) is 0 Å². The van der Waals surface area contributed by atoms with Crippen LogP contribution in [0.2, 0.25) is 0 Å². The monoisotopic (exact) mass is 287 g/mol. The fourth-order valence-corrected chi connectivity index (χ4v) is 3.30. The largest absolute Gasteiger partial charge is 0.326 e. The molecule has 1 saturated carbocycles. The van der Waals surface area contributed by atoms with Crippen molar-refractivity contribution in [1.82, 2.24) is 5.32 Å². The Morgan fingerprint density at radius 1 is 1.19 bits per heavy atom. The SMILES string of the molecule is CC(=O)Nc1cccc(NC(=O)C2CC23CCNCC3)c1. The Morgan fingerprint density at radius 3 is 2.52 bits per heavy atom. The molecule has 0 radical (unpaired) electrons. The van der Waals surface area contributed by atoms with Crippen molar-refractivity contribution in [3.8, 4) is 0 Å². The van der Waals surface area contributed by atoms with E-state index < -0.39 is 0 Å². The minimum Gasteiger partial charge on any atom is -0.326 e. The Balaban J connectivity index is 1.62. The van der Waals surface area contributed by atoms with E-state index in [2.05, 4.69) is 16.0 Å². The Bertz CT molecular complexity index is 564. The minimum atomic E-state index is -0.116. The number of nitrogens with one attached hydrogen (secondary N) is 3. The fraction of sp³-hybridized carbons (Fsp3) is 0.500. The lowest BCUT2D eigenvalue weighted by atomic mass is 9.92. The first-order valence-corrected chi connectivity index (χ1v) is 7.48. The van der Waals surface area contributed by atoms with E-state index in [0.717, 1.165) is 38.0 Å². The van der Waals surface area contributed by atoms with E-state index in [0.29, 0.717) is 5.69 Å². The van der Waals surface area contributed by atoms with Gasteiger partial charge in [-0.05, 0) is 56.0 Å². The van der Waals surface area contributed by atoms with Gasteiger partial charge in [-0.15, -0.1) is 0 Å². The Morgan fingerprint density at radius 2 is 1.86 bits per heavy atom. The summed E-state index contributed by atoms with van der Waals surface area (Å²) < 4.78 is 0. The molecular formula is C16H21N3O2. The van der Waals surface area contributed by atoms with Gasteiger partial charge in [0.15, 0.2) is 0 Å². The maximum Gasteiger partial charge on any atom is 0.228 e. The molecule has 1 aromatic carbocycles. The van der Waals surface area contributed by atoms with E-state index in [9.17, 15) is 9.59 Å². The van der Waals surface area contributed by atoms with Crippen LogP contribution in [0.5, 0.6) is 0 Å². The molecule has 2 amide bonds. The standard InChI is InChI=1S/C16H21N3O2/c1-11(20)18-12-3-2-4-13(9-12)19-15(21)14-10-16(14)5-7-17-8-6-16/h2-4,9,14,17H,5-8,10H2,1H3,(H,18,20)(H,19,21). The van der Waals surface area contributed by atoms with Crippen LogP contribution in [0, 0.1) is 11.3 Å². The highest BCUT2D eigenvalue weighted by Crippen LogP contribution is 2.58. The lowest BCUT2D eigenvalue weighted by Gasteiger charge is -2.23. The van der Waals surface area contributed by atoms with Crippen LogP contribution in [0.25, 0.3) is 0 Å². The van der Waals surface area contributed by atoms with Gasteiger partial charge in [-0.1, -0.05) is 6.07 Å². The van der Waals surface area contributed by atoms with Crippen molar-refractivity contribution < 1.29 is 9.59 Å². The molecule has 2 aliphatic rings. The summed E-state index contributed by atoms with van der Waals surface area (Å²) in [5, 5.41) is 9.04. The number of hydrogen-bond acceptors (Lipinski definition) is 3. The zero-order chi connectivity index (χ0) is 14.9. The van der Waals surface area contributed by atoms with Gasteiger partial charge in [-0.3, -0.25) is 9.59 Å². The van der Waals surface area contributed by atoms with Crippen LogP contribution < -0.4 is 16.0 Å². The van der Waals surface area contributed by atoms with E-state index in [-0.39, 0.29) is 23.1 Å². The third-order valence-electron chi connectivity index (χ3n) is 4.56. The average molecular weight is 287 g/mol. The number of amides is 2. The van der Waals surface area contributed by atoms with Gasteiger partial charge in [0.05, 0.1) is 0 Å². The molecule has 2 fully saturated rings. The van der Waals surface area contributed by atoms with Gasteiger partial charge in [0.2, 0.25) is 11.8 Å². The van der Waals surface area contributed by atoms with Gasteiger partial charge in [-0.2, -0.15) is 0 Å². The van der Waals surface area contributed by atoms with Crippen LogP contribution in [-0.2, 0) is 9.59 Å². The van der Waals surface area contributed by atoms with Crippen molar-refractivity contribution in [1.29, 1.82) is 0 Å². The van der Waals surface area contributed by atoms with Gasteiger partial charge >= 0.3 is 0 Å². The smallest absolute Gasteiger partial charge is 0.228 e. The summed E-state index contributed by atoms with van der Waals surface area (Å²) in [6.07, 6.45) is 3.19. The number of piperidine rings is 1.